The Morgan fingerprint density at radius 1 is 1.06 bits per heavy atom. The normalized spacial score (nSPS) is 14.0. The second-order valence-electron chi connectivity index (χ2n) is 7.37. The Morgan fingerprint density at radius 3 is 2.75 bits per heavy atom. The minimum Gasteiger partial charge on any atom is -0.488 e. The van der Waals surface area contributed by atoms with E-state index in [2.05, 4.69) is 43.9 Å². The molecule has 1 aromatic carbocycles. The van der Waals surface area contributed by atoms with Crippen molar-refractivity contribution >= 4 is 12.0 Å². The Bertz CT molecular complexity index is 1020. The number of pyridine rings is 1. The summed E-state index contributed by atoms with van der Waals surface area (Å²) in [6.45, 7) is 6.14. The lowest BCUT2D eigenvalue weighted by Crippen LogP contribution is -2.37. The van der Waals surface area contributed by atoms with Gasteiger partial charge in [0.15, 0.2) is 0 Å². The first-order valence-corrected chi connectivity index (χ1v) is 10.7. The van der Waals surface area contributed by atoms with Crippen molar-refractivity contribution in [1.29, 1.82) is 0 Å². The molecule has 8 nitrogen and oxygen atoms in total. The lowest BCUT2D eigenvalue weighted by Gasteiger charge is -2.28. The summed E-state index contributed by atoms with van der Waals surface area (Å²) in [4.78, 5) is 19.9. The van der Waals surface area contributed by atoms with Gasteiger partial charge in [0.1, 0.15) is 24.8 Å². The van der Waals surface area contributed by atoms with Crippen LogP contribution < -0.4 is 14.4 Å². The summed E-state index contributed by atoms with van der Waals surface area (Å²) >= 11 is 0. The summed E-state index contributed by atoms with van der Waals surface area (Å²) in [5.41, 5.74) is 3.07. The van der Waals surface area contributed by atoms with Crippen LogP contribution in [0.1, 0.15) is 16.8 Å². The highest BCUT2D eigenvalue weighted by Crippen LogP contribution is 2.18. The lowest BCUT2D eigenvalue weighted by molar-refractivity contribution is 0.122. The number of nitrogens with zero attached hydrogens (tertiary/aromatic N) is 5. The fourth-order valence-electron chi connectivity index (χ4n) is 3.28. The molecule has 8 heteroatoms. The van der Waals surface area contributed by atoms with Crippen molar-refractivity contribution < 1.29 is 14.2 Å². The third-order valence-electron chi connectivity index (χ3n) is 4.83. The van der Waals surface area contributed by atoms with Crippen molar-refractivity contribution in [2.45, 2.75) is 13.5 Å². The molecule has 1 saturated heterocycles. The summed E-state index contributed by atoms with van der Waals surface area (Å²) in [5.74, 6) is 1.53. The molecule has 0 N–H and O–H groups in total. The maximum Gasteiger partial charge on any atom is 0.318 e. The van der Waals surface area contributed by atoms with Crippen molar-refractivity contribution in [2.24, 2.45) is 4.99 Å². The molecular weight excluding hydrogens is 406 g/mol. The van der Waals surface area contributed by atoms with Gasteiger partial charge in [0.05, 0.1) is 31.6 Å². The molecule has 0 atom stereocenters. The minimum atomic E-state index is 0.324. The molecule has 0 spiro atoms. The Kier molecular flexibility index (Phi) is 7.60. The van der Waals surface area contributed by atoms with E-state index in [0.717, 1.165) is 30.2 Å². The van der Waals surface area contributed by atoms with Crippen LogP contribution in [0.2, 0.25) is 0 Å². The van der Waals surface area contributed by atoms with Crippen LogP contribution in [-0.4, -0.2) is 60.7 Å². The first-order valence-electron chi connectivity index (χ1n) is 10.7. The van der Waals surface area contributed by atoms with E-state index in [-0.39, 0.29) is 0 Å². The van der Waals surface area contributed by atoms with Crippen molar-refractivity contribution in [3.05, 3.63) is 71.7 Å². The maximum atomic E-state index is 5.80. The molecule has 3 aromatic rings. The molecule has 0 radical (unpaired) electrons. The van der Waals surface area contributed by atoms with Crippen LogP contribution in [0.25, 0.3) is 0 Å². The molecule has 1 aliphatic heterocycles. The summed E-state index contributed by atoms with van der Waals surface area (Å²) in [7, 11) is 0. The molecule has 0 bridgehead atoms. The van der Waals surface area contributed by atoms with Gasteiger partial charge in [-0.2, -0.15) is 9.97 Å². The van der Waals surface area contributed by atoms with Crippen LogP contribution in [0, 0.1) is 6.92 Å². The summed E-state index contributed by atoms with van der Waals surface area (Å²) < 4.78 is 16.9. The van der Waals surface area contributed by atoms with E-state index < -0.39 is 0 Å². The molecule has 1 aliphatic rings. The summed E-state index contributed by atoms with van der Waals surface area (Å²) in [6, 6.07) is 14.2. The monoisotopic (exact) mass is 433 g/mol. The Labute approximate surface area is 187 Å². The molecular formula is C24H27N5O3. The Morgan fingerprint density at radius 2 is 1.94 bits per heavy atom. The lowest BCUT2D eigenvalue weighted by atomic mass is 10.1. The number of aromatic nitrogens is 3. The number of benzene rings is 1. The number of hydrogen-bond acceptors (Lipinski definition) is 8. The number of morpholine rings is 1. The molecule has 0 amide bonds. The fourth-order valence-corrected chi connectivity index (χ4v) is 3.28. The van der Waals surface area contributed by atoms with Crippen LogP contribution in [-0.2, 0) is 11.3 Å². The zero-order chi connectivity index (χ0) is 22.0. The highest BCUT2D eigenvalue weighted by atomic mass is 16.5. The quantitative estimate of drug-likeness (QED) is 0.379. The van der Waals surface area contributed by atoms with Crippen LogP contribution in [0.5, 0.6) is 11.8 Å². The number of hydrogen-bond donors (Lipinski definition) is 0. The maximum absolute atomic E-state index is 5.80. The number of rotatable bonds is 9. The van der Waals surface area contributed by atoms with Crippen LogP contribution >= 0.6 is 0 Å². The van der Waals surface area contributed by atoms with E-state index in [1.165, 1.54) is 5.56 Å². The standard InChI is InChI=1S/C24H27N5O3/c1-19-4-2-5-20(14-19)16-26-17-21-15-23(29-8-10-30-11-9-29)28-24(27-21)32-13-12-31-22-6-3-7-25-18-22/h2-7,14-16,18H,8-13,17H2,1H3. The number of ether oxygens (including phenoxy) is 3. The zero-order valence-electron chi connectivity index (χ0n) is 18.2. The van der Waals surface area contributed by atoms with E-state index in [4.69, 9.17) is 14.2 Å². The second kappa shape index (κ2) is 11.2. The first kappa shape index (κ1) is 21.7. The van der Waals surface area contributed by atoms with E-state index in [0.29, 0.717) is 44.7 Å². The molecule has 32 heavy (non-hydrogen) atoms. The largest absolute Gasteiger partial charge is 0.488 e. The van der Waals surface area contributed by atoms with E-state index in [9.17, 15) is 0 Å². The number of anilines is 1. The Hall–Kier alpha value is -3.52. The predicted octanol–water partition coefficient (Wildman–Crippen LogP) is 3.09. The van der Waals surface area contributed by atoms with Gasteiger partial charge in [-0.05, 0) is 24.6 Å². The molecule has 0 saturated carbocycles. The van der Waals surface area contributed by atoms with Crippen molar-refractivity contribution in [2.75, 3.05) is 44.4 Å². The zero-order valence-corrected chi connectivity index (χ0v) is 18.2. The predicted molar refractivity (Wildman–Crippen MR) is 123 cm³/mol. The van der Waals surface area contributed by atoms with Gasteiger partial charge in [-0.3, -0.25) is 9.98 Å². The average molecular weight is 434 g/mol. The fraction of sp³-hybridized carbons (Fsp3) is 0.333. The summed E-state index contributed by atoms with van der Waals surface area (Å²) in [6.07, 6.45) is 5.24. The van der Waals surface area contributed by atoms with E-state index >= 15 is 0 Å². The third-order valence-corrected chi connectivity index (χ3v) is 4.83. The topological polar surface area (TPSA) is 82.0 Å². The number of aliphatic imine (C=N–C) groups is 1. The Balaban J connectivity index is 1.42. The van der Waals surface area contributed by atoms with Crippen molar-refractivity contribution in [3.63, 3.8) is 0 Å². The first-order chi connectivity index (χ1) is 15.8. The van der Waals surface area contributed by atoms with Crippen LogP contribution in [0.4, 0.5) is 5.82 Å². The average Bonchev–Trinajstić information content (AvgIpc) is 2.83. The highest BCUT2D eigenvalue weighted by molar-refractivity contribution is 5.79. The van der Waals surface area contributed by atoms with Gasteiger partial charge in [0.2, 0.25) is 0 Å². The van der Waals surface area contributed by atoms with Gasteiger partial charge in [-0.15, -0.1) is 0 Å². The smallest absolute Gasteiger partial charge is 0.318 e. The molecule has 166 valence electrons. The van der Waals surface area contributed by atoms with Gasteiger partial charge in [0, 0.05) is 31.6 Å². The third kappa shape index (κ3) is 6.49. The van der Waals surface area contributed by atoms with Crippen LogP contribution in [0.15, 0.2) is 59.9 Å². The molecule has 0 aliphatic carbocycles. The van der Waals surface area contributed by atoms with E-state index in [1.54, 1.807) is 12.4 Å². The van der Waals surface area contributed by atoms with Gasteiger partial charge < -0.3 is 19.1 Å². The van der Waals surface area contributed by atoms with Gasteiger partial charge in [-0.1, -0.05) is 29.8 Å². The minimum absolute atomic E-state index is 0.324. The highest BCUT2D eigenvalue weighted by Gasteiger charge is 2.15. The van der Waals surface area contributed by atoms with Crippen LogP contribution in [0.3, 0.4) is 0 Å². The summed E-state index contributed by atoms with van der Waals surface area (Å²) in [5, 5.41) is 0. The van der Waals surface area contributed by atoms with Crippen molar-refractivity contribution in [1.82, 2.24) is 15.0 Å². The van der Waals surface area contributed by atoms with Crippen molar-refractivity contribution in [3.8, 4) is 11.8 Å². The second-order valence-corrected chi connectivity index (χ2v) is 7.37. The SMILES string of the molecule is Cc1cccc(C=NCc2cc(N3CCOCC3)nc(OCCOc3cccnc3)n2)c1. The number of aryl methyl sites for hydroxylation is 1. The van der Waals surface area contributed by atoms with Gasteiger partial charge in [-0.25, -0.2) is 0 Å². The molecule has 1 fully saturated rings. The molecule has 4 rings (SSSR count). The molecule has 2 aromatic heterocycles. The van der Waals surface area contributed by atoms with E-state index in [1.807, 2.05) is 36.5 Å². The molecule has 0 unspecified atom stereocenters. The molecule has 3 heterocycles. The van der Waals surface area contributed by atoms with Gasteiger partial charge in [0.25, 0.3) is 0 Å². The van der Waals surface area contributed by atoms with Gasteiger partial charge >= 0.3 is 6.01 Å².